The maximum atomic E-state index is 12.8. The maximum Gasteiger partial charge on any atom is 0.243 e. The second-order valence-electron chi connectivity index (χ2n) is 6.54. The lowest BCUT2D eigenvalue weighted by Gasteiger charge is -2.35. The predicted molar refractivity (Wildman–Crippen MR) is 96.1 cm³/mol. The van der Waals surface area contributed by atoms with E-state index in [4.69, 9.17) is 0 Å². The van der Waals surface area contributed by atoms with E-state index in [2.05, 4.69) is 15.9 Å². The number of hydrogen-bond acceptors (Lipinski definition) is 3. The van der Waals surface area contributed by atoms with Crippen LogP contribution in [0.4, 0.5) is 0 Å². The minimum atomic E-state index is -3.53. The fourth-order valence-electron chi connectivity index (χ4n) is 3.49. The highest BCUT2D eigenvalue weighted by atomic mass is 79.9. The molecule has 7 heteroatoms. The highest BCUT2D eigenvalue weighted by molar-refractivity contribution is 9.10. The molecule has 3 rings (SSSR count). The number of nitrogens with zero attached hydrogens (tertiary/aromatic N) is 2. The van der Waals surface area contributed by atoms with Gasteiger partial charge < -0.3 is 4.90 Å². The van der Waals surface area contributed by atoms with Crippen LogP contribution in [-0.4, -0.2) is 49.7 Å². The van der Waals surface area contributed by atoms with Gasteiger partial charge in [-0.05, 0) is 56.4 Å². The van der Waals surface area contributed by atoms with Gasteiger partial charge in [-0.1, -0.05) is 15.9 Å². The van der Waals surface area contributed by atoms with E-state index in [0.29, 0.717) is 13.1 Å². The third-order valence-electron chi connectivity index (χ3n) is 4.85. The molecule has 1 amide bonds. The molecule has 1 unspecified atom stereocenters. The second kappa shape index (κ2) is 7.54. The van der Waals surface area contributed by atoms with E-state index in [1.807, 2.05) is 4.90 Å². The lowest BCUT2D eigenvalue weighted by Crippen LogP contribution is -2.47. The first-order valence-corrected chi connectivity index (χ1v) is 10.8. The summed E-state index contributed by atoms with van der Waals surface area (Å²) in [5.74, 6) is -0.0764. The molecule has 2 aliphatic heterocycles. The first kappa shape index (κ1) is 17.9. The zero-order valence-corrected chi connectivity index (χ0v) is 16.1. The summed E-state index contributed by atoms with van der Waals surface area (Å²) in [6, 6.07) is 6.67. The molecule has 2 fully saturated rings. The fourth-order valence-corrected chi connectivity index (χ4v) is 5.28. The Hall–Kier alpha value is -0.920. The van der Waals surface area contributed by atoms with Crippen molar-refractivity contribution in [3.63, 3.8) is 0 Å². The third-order valence-corrected chi connectivity index (χ3v) is 7.26. The highest BCUT2D eigenvalue weighted by Gasteiger charge is 2.35. The Balaban J connectivity index is 1.72. The van der Waals surface area contributed by atoms with E-state index in [-0.39, 0.29) is 16.7 Å². The van der Waals surface area contributed by atoms with Crippen LogP contribution in [0.1, 0.15) is 32.1 Å². The zero-order chi connectivity index (χ0) is 17.2. The van der Waals surface area contributed by atoms with E-state index in [1.165, 1.54) is 10.7 Å². The molecule has 1 atom stereocenters. The van der Waals surface area contributed by atoms with Gasteiger partial charge in [-0.3, -0.25) is 4.79 Å². The van der Waals surface area contributed by atoms with Gasteiger partial charge in [-0.15, -0.1) is 0 Å². The van der Waals surface area contributed by atoms with Gasteiger partial charge in [-0.2, -0.15) is 4.31 Å². The number of hydrogen-bond donors (Lipinski definition) is 0. The van der Waals surface area contributed by atoms with Crippen LogP contribution in [0, 0.1) is 5.92 Å². The van der Waals surface area contributed by atoms with Crippen molar-refractivity contribution >= 4 is 31.9 Å². The largest absolute Gasteiger partial charge is 0.342 e. The molecule has 0 saturated carbocycles. The van der Waals surface area contributed by atoms with Crippen LogP contribution >= 0.6 is 15.9 Å². The van der Waals surface area contributed by atoms with Crippen LogP contribution < -0.4 is 0 Å². The monoisotopic (exact) mass is 414 g/mol. The minimum Gasteiger partial charge on any atom is -0.342 e. The predicted octanol–water partition coefficient (Wildman–Crippen LogP) is 2.86. The van der Waals surface area contributed by atoms with E-state index in [0.717, 1.165) is 43.2 Å². The van der Waals surface area contributed by atoms with Crippen molar-refractivity contribution in [1.82, 2.24) is 9.21 Å². The molecule has 0 radical (unpaired) electrons. The van der Waals surface area contributed by atoms with E-state index < -0.39 is 10.0 Å². The summed E-state index contributed by atoms with van der Waals surface area (Å²) in [4.78, 5) is 14.9. The molecule has 2 heterocycles. The lowest BCUT2D eigenvalue weighted by atomic mass is 9.97. The summed E-state index contributed by atoms with van der Waals surface area (Å²) in [6.45, 7) is 2.42. The molecule has 2 aliphatic rings. The van der Waals surface area contributed by atoms with E-state index in [1.54, 1.807) is 24.3 Å². The molecule has 0 spiro atoms. The number of likely N-dealkylation sites (tertiary alicyclic amines) is 1. The third kappa shape index (κ3) is 3.83. The van der Waals surface area contributed by atoms with Crippen molar-refractivity contribution < 1.29 is 13.2 Å². The van der Waals surface area contributed by atoms with Gasteiger partial charge in [0.25, 0.3) is 0 Å². The number of carbonyl (C=O) groups excluding carboxylic acids is 1. The molecule has 2 saturated heterocycles. The van der Waals surface area contributed by atoms with Crippen molar-refractivity contribution in [2.75, 3.05) is 26.2 Å². The summed E-state index contributed by atoms with van der Waals surface area (Å²) in [5, 5.41) is 0. The van der Waals surface area contributed by atoms with Crippen LogP contribution in [-0.2, 0) is 14.8 Å². The van der Waals surface area contributed by atoms with Gasteiger partial charge >= 0.3 is 0 Å². The van der Waals surface area contributed by atoms with Gasteiger partial charge in [0.15, 0.2) is 0 Å². The Morgan fingerprint density at radius 2 is 1.67 bits per heavy atom. The van der Waals surface area contributed by atoms with Gasteiger partial charge in [0.2, 0.25) is 15.9 Å². The summed E-state index contributed by atoms with van der Waals surface area (Å²) in [7, 11) is -3.53. The number of halogens is 1. The van der Waals surface area contributed by atoms with Crippen molar-refractivity contribution in [3.05, 3.63) is 28.7 Å². The molecule has 5 nitrogen and oxygen atoms in total. The summed E-state index contributed by atoms with van der Waals surface area (Å²) >= 11 is 3.32. The standard InChI is InChI=1S/C17H23BrN2O3S/c18-15-6-8-16(9-7-15)24(22,23)20-12-4-5-14(13-20)17(21)19-10-2-1-3-11-19/h6-9,14H,1-5,10-13H2. The number of sulfonamides is 1. The Bertz CT molecular complexity index is 684. The Morgan fingerprint density at radius 1 is 1.00 bits per heavy atom. The fraction of sp³-hybridized carbons (Fsp3) is 0.588. The summed E-state index contributed by atoms with van der Waals surface area (Å²) < 4.78 is 28.0. The number of amides is 1. The van der Waals surface area contributed by atoms with Gasteiger partial charge in [0.1, 0.15) is 0 Å². The van der Waals surface area contributed by atoms with E-state index >= 15 is 0 Å². The van der Waals surface area contributed by atoms with E-state index in [9.17, 15) is 13.2 Å². The molecular formula is C17H23BrN2O3S. The first-order chi connectivity index (χ1) is 11.5. The van der Waals surface area contributed by atoms with Crippen LogP contribution in [0.5, 0.6) is 0 Å². The molecule has 1 aromatic rings. The van der Waals surface area contributed by atoms with Crippen LogP contribution in [0.15, 0.2) is 33.6 Å². The average molecular weight is 415 g/mol. The van der Waals surface area contributed by atoms with Crippen LogP contribution in [0.3, 0.4) is 0 Å². The van der Waals surface area contributed by atoms with Crippen LogP contribution in [0.2, 0.25) is 0 Å². The molecule has 0 aromatic heterocycles. The highest BCUT2D eigenvalue weighted by Crippen LogP contribution is 2.26. The Morgan fingerprint density at radius 3 is 2.33 bits per heavy atom. The van der Waals surface area contributed by atoms with Crippen molar-refractivity contribution in [1.29, 1.82) is 0 Å². The molecule has 1 aromatic carbocycles. The number of piperidine rings is 2. The molecule has 0 aliphatic carbocycles. The van der Waals surface area contributed by atoms with Crippen molar-refractivity contribution in [2.24, 2.45) is 5.92 Å². The van der Waals surface area contributed by atoms with Crippen molar-refractivity contribution in [2.45, 2.75) is 37.0 Å². The lowest BCUT2D eigenvalue weighted by molar-refractivity contribution is -0.137. The minimum absolute atomic E-state index is 0.130. The summed E-state index contributed by atoms with van der Waals surface area (Å²) in [6.07, 6.45) is 4.80. The normalized spacial score (nSPS) is 23.2. The molecule has 132 valence electrons. The first-order valence-electron chi connectivity index (χ1n) is 8.53. The SMILES string of the molecule is O=C(C1CCCN(S(=O)(=O)c2ccc(Br)cc2)C1)N1CCCCC1. The Labute approximate surface area is 152 Å². The molecule has 0 bridgehead atoms. The quantitative estimate of drug-likeness (QED) is 0.763. The number of rotatable bonds is 3. The van der Waals surface area contributed by atoms with Crippen LogP contribution in [0.25, 0.3) is 0 Å². The average Bonchev–Trinajstić information content (AvgIpc) is 2.62. The molecular weight excluding hydrogens is 392 g/mol. The van der Waals surface area contributed by atoms with Crippen molar-refractivity contribution in [3.8, 4) is 0 Å². The van der Waals surface area contributed by atoms with Gasteiger partial charge in [0, 0.05) is 30.7 Å². The zero-order valence-electron chi connectivity index (χ0n) is 13.7. The molecule has 24 heavy (non-hydrogen) atoms. The topological polar surface area (TPSA) is 57.7 Å². The maximum absolute atomic E-state index is 12.8. The Kier molecular flexibility index (Phi) is 5.62. The van der Waals surface area contributed by atoms with Gasteiger partial charge in [-0.25, -0.2) is 8.42 Å². The number of carbonyl (C=O) groups is 1. The summed E-state index contributed by atoms with van der Waals surface area (Å²) in [5.41, 5.74) is 0. The smallest absolute Gasteiger partial charge is 0.243 e. The van der Waals surface area contributed by atoms with Gasteiger partial charge in [0.05, 0.1) is 10.8 Å². The molecule has 0 N–H and O–H groups in total. The second-order valence-corrected chi connectivity index (χ2v) is 9.40. The number of benzene rings is 1.